The van der Waals surface area contributed by atoms with Crippen LogP contribution < -0.4 is 0 Å². The van der Waals surface area contributed by atoms with Gasteiger partial charge < -0.3 is 4.85 Å². The van der Waals surface area contributed by atoms with E-state index >= 15 is 0 Å². The van der Waals surface area contributed by atoms with Gasteiger partial charge in [0.25, 0.3) is 0 Å². The summed E-state index contributed by atoms with van der Waals surface area (Å²) in [7, 11) is 0. The van der Waals surface area contributed by atoms with Crippen molar-refractivity contribution in [2.45, 2.75) is 25.8 Å². The summed E-state index contributed by atoms with van der Waals surface area (Å²) in [6.45, 7) is 10.6. The van der Waals surface area contributed by atoms with Crippen molar-refractivity contribution in [2.75, 3.05) is 5.33 Å². The molecule has 0 atom stereocenters. The van der Waals surface area contributed by atoms with Gasteiger partial charge in [-0.1, -0.05) is 15.9 Å². The molecule has 1 nitrogen and oxygen atoms in total. The van der Waals surface area contributed by atoms with Crippen molar-refractivity contribution in [2.24, 2.45) is 0 Å². The predicted octanol–water partition coefficient (Wildman–Crippen LogP) is 2.47. The highest BCUT2D eigenvalue weighted by molar-refractivity contribution is 9.09. The Hall–Kier alpha value is -0.0300. The van der Waals surface area contributed by atoms with E-state index in [1.54, 1.807) is 0 Å². The zero-order valence-electron chi connectivity index (χ0n) is 5.24. The summed E-state index contributed by atoms with van der Waals surface area (Å²) in [6, 6.07) is 0. The molecule has 0 saturated heterocycles. The van der Waals surface area contributed by atoms with Gasteiger partial charge in [0.05, 0.1) is 0 Å². The Morgan fingerprint density at radius 1 is 1.62 bits per heavy atom. The molecule has 0 fully saturated rings. The molecule has 0 radical (unpaired) electrons. The number of hydrogen-bond donors (Lipinski definition) is 0. The lowest BCUT2D eigenvalue weighted by Gasteiger charge is -2.06. The van der Waals surface area contributed by atoms with Gasteiger partial charge in [0.1, 0.15) is 0 Å². The van der Waals surface area contributed by atoms with Crippen molar-refractivity contribution in [3.05, 3.63) is 11.4 Å². The van der Waals surface area contributed by atoms with Crippen molar-refractivity contribution in [1.29, 1.82) is 0 Å². The van der Waals surface area contributed by atoms with E-state index in [4.69, 9.17) is 6.57 Å². The first kappa shape index (κ1) is 7.97. The Morgan fingerprint density at radius 3 is 2.25 bits per heavy atom. The molecule has 0 aromatic carbocycles. The van der Waals surface area contributed by atoms with E-state index in [1.807, 2.05) is 13.8 Å². The van der Waals surface area contributed by atoms with Crippen LogP contribution in [0.2, 0.25) is 0 Å². The van der Waals surface area contributed by atoms with E-state index in [-0.39, 0.29) is 5.54 Å². The van der Waals surface area contributed by atoms with Crippen LogP contribution in [0.4, 0.5) is 0 Å². The maximum atomic E-state index is 6.71. The summed E-state index contributed by atoms with van der Waals surface area (Å²) in [4.78, 5) is 3.43. The third kappa shape index (κ3) is 3.04. The number of alkyl halides is 1. The molecule has 8 heavy (non-hydrogen) atoms. The standard InChI is InChI=1S/C6H10BrN/c1-6(2,8-3)4-5-7/h4-5H2,1-2H3. The Morgan fingerprint density at radius 2 is 2.12 bits per heavy atom. The van der Waals surface area contributed by atoms with Crippen LogP contribution in [0.3, 0.4) is 0 Å². The minimum Gasteiger partial charge on any atom is -0.311 e. The molecule has 0 spiro atoms. The van der Waals surface area contributed by atoms with Crippen LogP contribution in [0.1, 0.15) is 20.3 Å². The fourth-order valence-corrected chi connectivity index (χ4v) is 1.26. The Balaban J connectivity index is 3.59. The lowest BCUT2D eigenvalue weighted by molar-refractivity contribution is 0.598. The lowest BCUT2D eigenvalue weighted by Crippen LogP contribution is -2.13. The molecule has 0 aliphatic carbocycles. The molecule has 2 heteroatoms. The Bertz CT molecular complexity index is 102. The average molecular weight is 176 g/mol. The van der Waals surface area contributed by atoms with Crippen LogP contribution in [0.5, 0.6) is 0 Å². The summed E-state index contributed by atoms with van der Waals surface area (Å²) < 4.78 is 0. The molecule has 0 saturated carbocycles. The number of hydrogen-bond acceptors (Lipinski definition) is 0. The van der Waals surface area contributed by atoms with Gasteiger partial charge in [0.15, 0.2) is 0 Å². The molecule has 0 N–H and O–H groups in total. The number of nitrogens with zero attached hydrogens (tertiary/aromatic N) is 1. The topological polar surface area (TPSA) is 4.36 Å². The monoisotopic (exact) mass is 175 g/mol. The fraction of sp³-hybridized carbons (Fsp3) is 0.833. The zero-order chi connectivity index (χ0) is 6.62. The molecule has 0 bridgehead atoms. The molecule has 0 aliphatic heterocycles. The van der Waals surface area contributed by atoms with Gasteiger partial charge in [-0.2, -0.15) is 0 Å². The molecule has 46 valence electrons. The number of halogens is 1. The first-order valence-corrected chi connectivity index (χ1v) is 3.69. The van der Waals surface area contributed by atoms with Crippen molar-refractivity contribution in [3.63, 3.8) is 0 Å². The van der Waals surface area contributed by atoms with Crippen LogP contribution in [0.25, 0.3) is 4.85 Å². The van der Waals surface area contributed by atoms with Gasteiger partial charge in [-0.25, -0.2) is 6.57 Å². The summed E-state index contributed by atoms with van der Waals surface area (Å²) in [6.07, 6.45) is 0.927. The highest BCUT2D eigenvalue weighted by atomic mass is 79.9. The highest BCUT2D eigenvalue weighted by Crippen LogP contribution is 2.14. The SMILES string of the molecule is [C-]#[N+]C(C)(C)CCBr. The Labute approximate surface area is 59.0 Å². The maximum Gasteiger partial charge on any atom is 0.228 e. The second kappa shape index (κ2) is 3.09. The van der Waals surface area contributed by atoms with Crippen LogP contribution in [-0.4, -0.2) is 10.9 Å². The number of rotatable bonds is 2. The zero-order valence-corrected chi connectivity index (χ0v) is 6.83. The van der Waals surface area contributed by atoms with Gasteiger partial charge in [-0.15, -0.1) is 0 Å². The first-order valence-electron chi connectivity index (χ1n) is 2.57. The molecule has 0 rings (SSSR count). The van der Waals surface area contributed by atoms with Gasteiger partial charge in [-0.05, 0) is 0 Å². The minimum absolute atomic E-state index is 0.163. The van der Waals surface area contributed by atoms with Crippen LogP contribution >= 0.6 is 15.9 Å². The van der Waals surface area contributed by atoms with E-state index in [0.29, 0.717) is 0 Å². The molecule has 0 heterocycles. The second-order valence-corrected chi connectivity index (χ2v) is 3.16. The highest BCUT2D eigenvalue weighted by Gasteiger charge is 2.20. The molecule has 0 unspecified atom stereocenters. The summed E-state index contributed by atoms with van der Waals surface area (Å²) in [5, 5.41) is 0.919. The van der Waals surface area contributed by atoms with E-state index in [1.165, 1.54) is 0 Å². The van der Waals surface area contributed by atoms with Crippen molar-refractivity contribution < 1.29 is 0 Å². The third-order valence-corrected chi connectivity index (χ3v) is 1.41. The van der Waals surface area contributed by atoms with Gasteiger partial charge in [0, 0.05) is 25.6 Å². The van der Waals surface area contributed by atoms with Gasteiger partial charge in [0.2, 0.25) is 5.54 Å². The van der Waals surface area contributed by atoms with E-state index < -0.39 is 0 Å². The quantitative estimate of drug-likeness (QED) is 0.449. The smallest absolute Gasteiger partial charge is 0.228 e. The third-order valence-electron chi connectivity index (χ3n) is 1.01. The van der Waals surface area contributed by atoms with Crippen LogP contribution in [-0.2, 0) is 0 Å². The van der Waals surface area contributed by atoms with Crippen molar-refractivity contribution in [3.8, 4) is 0 Å². The summed E-state index contributed by atoms with van der Waals surface area (Å²) in [5.41, 5.74) is -0.163. The van der Waals surface area contributed by atoms with E-state index in [2.05, 4.69) is 20.8 Å². The normalized spacial score (nSPS) is 10.8. The molecule has 0 aliphatic rings. The average Bonchev–Trinajstić information content (AvgIpc) is 1.67. The van der Waals surface area contributed by atoms with Crippen LogP contribution in [0, 0.1) is 6.57 Å². The van der Waals surface area contributed by atoms with Gasteiger partial charge in [-0.3, -0.25) is 0 Å². The molecular formula is C6H10BrN. The second-order valence-electron chi connectivity index (χ2n) is 2.36. The molecule has 0 amide bonds. The Kier molecular flexibility index (Phi) is 3.08. The fourth-order valence-electron chi connectivity index (χ4n) is 0.287. The van der Waals surface area contributed by atoms with Crippen LogP contribution in [0.15, 0.2) is 0 Å². The van der Waals surface area contributed by atoms with Gasteiger partial charge >= 0.3 is 0 Å². The summed E-state index contributed by atoms with van der Waals surface area (Å²) >= 11 is 3.28. The van der Waals surface area contributed by atoms with Crippen molar-refractivity contribution in [1.82, 2.24) is 0 Å². The minimum atomic E-state index is -0.163. The molecule has 0 aromatic rings. The summed E-state index contributed by atoms with van der Waals surface area (Å²) in [5.74, 6) is 0. The maximum absolute atomic E-state index is 6.71. The largest absolute Gasteiger partial charge is 0.311 e. The molecule has 0 aromatic heterocycles. The van der Waals surface area contributed by atoms with E-state index in [9.17, 15) is 0 Å². The predicted molar refractivity (Wildman–Crippen MR) is 39.1 cm³/mol. The lowest BCUT2D eigenvalue weighted by atomic mass is 10.0. The molecular weight excluding hydrogens is 166 g/mol. The van der Waals surface area contributed by atoms with E-state index in [0.717, 1.165) is 11.8 Å². The first-order chi connectivity index (χ1) is 3.62. The van der Waals surface area contributed by atoms with Crippen molar-refractivity contribution >= 4 is 15.9 Å².